The van der Waals surface area contributed by atoms with E-state index in [0.29, 0.717) is 34.9 Å². The van der Waals surface area contributed by atoms with E-state index in [1.807, 2.05) is 6.08 Å². The Bertz CT molecular complexity index is 1190. The molecular weight excluding hydrogens is 493 g/mol. The second kappa shape index (κ2) is 10.0. The number of hydrogen-bond acceptors (Lipinski definition) is 6. The molecule has 0 radical (unpaired) electrons. The van der Waals surface area contributed by atoms with Gasteiger partial charge in [-0.15, -0.1) is 0 Å². The number of ether oxygens (including phenoxy) is 2. The van der Waals surface area contributed by atoms with Crippen molar-refractivity contribution in [3.8, 4) is 5.88 Å². The largest absolute Gasteiger partial charge is 0.460 e. The van der Waals surface area contributed by atoms with Crippen molar-refractivity contribution >= 4 is 28.7 Å². The number of nitrogens with two attached hydrogens (primary N) is 1. The van der Waals surface area contributed by atoms with Crippen molar-refractivity contribution in [3.05, 3.63) is 58.3 Å². The molecule has 6 nitrogen and oxygen atoms in total. The summed E-state index contributed by atoms with van der Waals surface area (Å²) < 4.78 is 54.1. The van der Waals surface area contributed by atoms with Gasteiger partial charge in [0.15, 0.2) is 0 Å². The second-order valence-electron chi connectivity index (χ2n) is 9.65. The highest BCUT2D eigenvalue weighted by atomic mass is 35.5. The van der Waals surface area contributed by atoms with Gasteiger partial charge in [-0.3, -0.25) is 0 Å². The highest BCUT2D eigenvalue weighted by molar-refractivity contribution is 6.30. The quantitative estimate of drug-likeness (QED) is 0.523. The molecule has 0 bridgehead atoms. The van der Waals surface area contributed by atoms with Gasteiger partial charge in [0.2, 0.25) is 17.9 Å². The van der Waals surface area contributed by atoms with Crippen molar-refractivity contribution in [2.75, 3.05) is 32.0 Å². The van der Waals surface area contributed by atoms with E-state index in [9.17, 15) is 13.2 Å². The fraction of sp³-hybridized carbons (Fsp3) is 0.462. The van der Waals surface area contributed by atoms with E-state index in [4.69, 9.17) is 26.8 Å². The molecular formula is C26H28ClF3N4O2. The molecule has 1 fully saturated rings. The van der Waals surface area contributed by atoms with E-state index in [0.717, 1.165) is 44.3 Å². The van der Waals surface area contributed by atoms with Gasteiger partial charge in [-0.05, 0) is 72.9 Å². The number of alkyl halides is 3. The van der Waals surface area contributed by atoms with Crippen LogP contribution in [-0.4, -0.2) is 42.4 Å². The van der Waals surface area contributed by atoms with Gasteiger partial charge in [0.1, 0.15) is 0 Å². The minimum absolute atomic E-state index is 0.0602. The molecule has 3 N–H and O–H groups in total. The zero-order valence-corrected chi connectivity index (χ0v) is 20.5. The Balaban J connectivity index is 1.47. The van der Waals surface area contributed by atoms with E-state index in [1.54, 1.807) is 0 Å². The van der Waals surface area contributed by atoms with Crippen LogP contribution in [0, 0.1) is 5.41 Å². The standard InChI is InChI=1S/C26H28ClF3N4O2/c27-18-3-4-19(20(12-18)17-2-1-11-35-14-17)23(26(28,29)30)36-22-13-21(33-24(31)34-22)16-5-7-25(8-6-16)9-10-32-15-25/h2-5,12-13,23,32H,1,6-11,14-15H2,(H2,31,33,34)/t23-,25?/m1/s1. The number of rotatable bonds is 5. The molecule has 1 unspecified atom stereocenters. The third-order valence-corrected chi connectivity index (χ3v) is 7.41. The van der Waals surface area contributed by atoms with Crippen LogP contribution in [-0.2, 0) is 4.74 Å². The molecule has 0 amide bonds. The fourth-order valence-corrected chi connectivity index (χ4v) is 5.41. The number of halogens is 4. The predicted octanol–water partition coefficient (Wildman–Crippen LogP) is 5.75. The van der Waals surface area contributed by atoms with Crippen molar-refractivity contribution in [3.63, 3.8) is 0 Å². The normalized spacial score (nSPS) is 23.3. The number of benzene rings is 1. The third-order valence-electron chi connectivity index (χ3n) is 7.18. The summed E-state index contributed by atoms with van der Waals surface area (Å²) in [5, 5.41) is 3.74. The zero-order chi connectivity index (χ0) is 25.3. The molecule has 3 aliphatic rings. The van der Waals surface area contributed by atoms with Crippen LogP contribution >= 0.6 is 11.6 Å². The van der Waals surface area contributed by atoms with Crippen LogP contribution in [0.3, 0.4) is 0 Å². The molecule has 1 saturated heterocycles. The molecule has 2 aromatic rings. The van der Waals surface area contributed by atoms with Crippen LogP contribution in [0.1, 0.15) is 55.0 Å². The molecule has 1 spiro atoms. The summed E-state index contributed by atoms with van der Waals surface area (Å²) in [5.41, 5.74) is 8.54. The SMILES string of the molecule is Nc1nc(O[C@H](c2ccc(Cl)cc2C2=CCCOC2)C(F)(F)F)cc(C2=CCC3(CCNC3)CC2)n1. The van der Waals surface area contributed by atoms with E-state index < -0.39 is 12.3 Å². The van der Waals surface area contributed by atoms with Crippen molar-refractivity contribution < 1.29 is 22.6 Å². The third kappa shape index (κ3) is 5.38. The molecule has 1 aromatic heterocycles. The lowest BCUT2D eigenvalue weighted by molar-refractivity contribution is -0.198. The van der Waals surface area contributed by atoms with Gasteiger partial charge in [0, 0.05) is 23.2 Å². The van der Waals surface area contributed by atoms with Crippen LogP contribution in [0.15, 0.2) is 36.4 Å². The number of nitrogens with one attached hydrogen (secondary N) is 1. The Hall–Kier alpha value is -2.62. The number of aromatic nitrogens is 2. The summed E-state index contributed by atoms with van der Waals surface area (Å²) in [5.74, 6) is -0.356. The van der Waals surface area contributed by atoms with Gasteiger partial charge in [0.05, 0.1) is 18.9 Å². The summed E-state index contributed by atoms with van der Waals surface area (Å²) in [6.07, 6.45) is 1.38. The average molecular weight is 521 g/mol. The Morgan fingerprint density at radius 2 is 2.00 bits per heavy atom. The van der Waals surface area contributed by atoms with E-state index in [-0.39, 0.29) is 29.4 Å². The molecule has 5 rings (SSSR count). The highest BCUT2D eigenvalue weighted by Gasteiger charge is 2.45. The maximum absolute atomic E-state index is 14.4. The summed E-state index contributed by atoms with van der Waals surface area (Å²) in [6.45, 7) is 2.72. The van der Waals surface area contributed by atoms with Crippen LogP contribution in [0.25, 0.3) is 11.1 Å². The maximum atomic E-state index is 14.4. The molecule has 192 valence electrons. The first-order chi connectivity index (χ1) is 17.2. The van der Waals surface area contributed by atoms with Crippen molar-refractivity contribution in [1.82, 2.24) is 15.3 Å². The predicted molar refractivity (Wildman–Crippen MR) is 132 cm³/mol. The molecule has 0 saturated carbocycles. The smallest absolute Gasteiger partial charge is 0.429 e. The van der Waals surface area contributed by atoms with Crippen molar-refractivity contribution in [2.24, 2.45) is 5.41 Å². The fourth-order valence-electron chi connectivity index (χ4n) is 5.23. The first-order valence-electron chi connectivity index (χ1n) is 12.1. The lowest BCUT2D eigenvalue weighted by Crippen LogP contribution is -2.28. The summed E-state index contributed by atoms with van der Waals surface area (Å²) in [7, 11) is 0. The first kappa shape index (κ1) is 25.0. The monoisotopic (exact) mass is 520 g/mol. The molecule has 1 aromatic carbocycles. The lowest BCUT2D eigenvalue weighted by atomic mass is 9.74. The Labute approximate surface area is 212 Å². The van der Waals surface area contributed by atoms with Crippen LogP contribution in [0.2, 0.25) is 5.02 Å². The Morgan fingerprint density at radius 3 is 2.67 bits per heavy atom. The Morgan fingerprint density at radius 1 is 1.14 bits per heavy atom. The first-order valence-corrected chi connectivity index (χ1v) is 12.4. The lowest BCUT2D eigenvalue weighted by Gasteiger charge is -2.31. The number of anilines is 1. The number of hydrogen-bond donors (Lipinski definition) is 2. The minimum Gasteiger partial charge on any atom is -0.460 e. The molecule has 1 aliphatic carbocycles. The van der Waals surface area contributed by atoms with Gasteiger partial charge in [-0.25, -0.2) is 4.98 Å². The summed E-state index contributed by atoms with van der Waals surface area (Å²) >= 11 is 6.15. The minimum atomic E-state index is -4.72. The summed E-state index contributed by atoms with van der Waals surface area (Å²) in [4.78, 5) is 8.28. The van der Waals surface area contributed by atoms with Crippen LogP contribution in [0.4, 0.5) is 19.1 Å². The van der Waals surface area contributed by atoms with Crippen LogP contribution in [0.5, 0.6) is 5.88 Å². The second-order valence-corrected chi connectivity index (χ2v) is 10.1. The summed E-state index contributed by atoms with van der Waals surface area (Å²) in [6, 6.07) is 5.73. The van der Waals surface area contributed by atoms with Crippen LogP contribution < -0.4 is 15.8 Å². The van der Waals surface area contributed by atoms with E-state index in [2.05, 4.69) is 21.4 Å². The number of allylic oxidation sites excluding steroid dienone is 2. The van der Waals surface area contributed by atoms with Gasteiger partial charge < -0.3 is 20.5 Å². The van der Waals surface area contributed by atoms with E-state index in [1.165, 1.54) is 24.3 Å². The van der Waals surface area contributed by atoms with Crippen molar-refractivity contribution in [2.45, 2.75) is 44.4 Å². The zero-order valence-electron chi connectivity index (χ0n) is 19.7. The molecule has 36 heavy (non-hydrogen) atoms. The van der Waals surface area contributed by atoms with Gasteiger partial charge in [-0.2, -0.15) is 18.2 Å². The van der Waals surface area contributed by atoms with Crippen molar-refractivity contribution in [1.29, 1.82) is 0 Å². The van der Waals surface area contributed by atoms with Gasteiger partial charge >= 0.3 is 6.18 Å². The van der Waals surface area contributed by atoms with Gasteiger partial charge in [-0.1, -0.05) is 29.8 Å². The molecule has 3 heterocycles. The number of nitrogen functional groups attached to an aromatic ring is 1. The average Bonchev–Trinajstić information content (AvgIpc) is 3.30. The molecule has 10 heteroatoms. The highest BCUT2D eigenvalue weighted by Crippen LogP contribution is 2.44. The number of nitrogens with zero attached hydrogens (tertiary/aromatic N) is 2. The molecule has 2 aliphatic heterocycles. The van der Waals surface area contributed by atoms with Gasteiger partial charge in [0.25, 0.3) is 0 Å². The Kier molecular flexibility index (Phi) is 6.98. The topological polar surface area (TPSA) is 82.3 Å². The van der Waals surface area contributed by atoms with E-state index >= 15 is 0 Å². The maximum Gasteiger partial charge on any atom is 0.429 e. The molecule has 2 atom stereocenters.